The summed E-state index contributed by atoms with van der Waals surface area (Å²) in [5, 5.41) is 0. The first-order chi connectivity index (χ1) is 6.83. The summed E-state index contributed by atoms with van der Waals surface area (Å²) < 4.78 is 9.53. The van der Waals surface area contributed by atoms with Gasteiger partial charge in [-0.3, -0.25) is 0 Å². The van der Waals surface area contributed by atoms with E-state index in [1.807, 2.05) is 0 Å². The van der Waals surface area contributed by atoms with Crippen LogP contribution in [0.25, 0.3) is 0 Å². The van der Waals surface area contributed by atoms with E-state index in [1.54, 1.807) is 0 Å². The van der Waals surface area contributed by atoms with Crippen LogP contribution in [0.2, 0.25) is 0 Å². The maximum Gasteiger partial charge on any atom is -1.00 e. The van der Waals surface area contributed by atoms with Crippen molar-refractivity contribution in [1.82, 2.24) is 16.1 Å². The number of hydrogen-bond donors (Lipinski definition) is 4. The molecule has 8 nitrogen and oxygen atoms in total. The average Bonchev–Trinajstić information content (AvgIpc) is 2.21. The number of carbonyl (C=O) groups excluding carboxylic acids is 4. The van der Waals surface area contributed by atoms with Gasteiger partial charge in [-0.1, -0.05) is 0 Å². The molecule has 4 amide bonds. The summed E-state index contributed by atoms with van der Waals surface area (Å²) in [5.41, 5.74) is 0. The predicted molar refractivity (Wildman–Crippen MR) is 48.3 cm³/mol. The zero-order valence-corrected chi connectivity index (χ0v) is 14.2. The first-order valence-corrected chi connectivity index (χ1v) is 8.10. The third kappa shape index (κ3) is 37.2. The van der Waals surface area contributed by atoms with Gasteiger partial charge in [0.15, 0.2) is 0 Å². The molecule has 0 heterocycles. The van der Waals surface area contributed by atoms with Crippen LogP contribution in [-0.4, -0.2) is 61.4 Å². The maximum absolute atomic E-state index is 9.45. The van der Waals surface area contributed by atoms with Crippen molar-refractivity contribution in [2.24, 2.45) is 0 Å². The fourth-order valence-electron chi connectivity index (χ4n) is 0.232. The second-order valence-electron chi connectivity index (χ2n) is 1.43. The van der Waals surface area contributed by atoms with Crippen LogP contribution in [0.1, 0.15) is 0 Å². The van der Waals surface area contributed by atoms with E-state index in [0.717, 1.165) is 0 Å². The molecule has 0 aliphatic rings. The Hall–Kier alpha value is -0.267. The Balaban J connectivity index is -0.0000000800. The van der Waals surface area contributed by atoms with Crippen molar-refractivity contribution < 1.29 is 44.0 Å². The molecule has 0 aliphatic heterocycles. The molecular formula is C4H8Cl2Ga2N4O4. The number of amides is 4. The van der Waals surface area contributed by atoms with E-state index < -0.39 is 35.8 Å². The van der Waals surface area contributed by atoms with Crippen LogP contribution < -0.4 is 40.9 Å². The van der Waals surface area contributed by atoms with E-state index in [0.29, 0.717) is 25.6 Å². The van der Waals surface area contributed by atoms with Crippen molar-refractivity contribution in [2.45, 2.75) is 0 Å². The molecule has 0 unspecified atom stereocenters. The number of rotatable bonds is 8. The van der Waals surface area contributed by atoms with Crippen LogP contribution in [-0.2, 0) is 19.2 Å². The molecule has 0 spiro atoms. The summed E-state index contributed by atoms with van der Waals surface area (Å²) in [6.07, 6.45) is 2.32. The van der Waals surface area contributed by atoms with Gasteiger partial charge in [-0.2, -0.15) is 0 Å². The average molecular weight is 386 g/mol. The molecule has 0 saturated heterocycles. The van der Waals surface area contributed by atoms with Crippen LogP contribution in [0.3, 0.4) is 0 Å². The normalized spacial score (nSPS) is 5.00. The second kappa shape index (κ2) is 29.3. The summed E-state index contributed by atoms with van der Waals surface area (Å²) in [4.78, 5) is 37.8. The van der Waals surface area contributed by atoms with E-state index in [-0.39, 0.29) is 24.8 Å². The molecule has 0 bridgehead atoms. The largest absolute Gasteiger partial charge is 1.00 e. The Labute approximate surface area is 121 Å². The minimum atomic E-state index is -0.953. The molecule has 0 fully saturated rings. The van der Waals surface area contributed by atoms with Crippen molar-refractivity contribution in [3.05, 3.63) is 0 Å². The Kier molecular flexibility index (Phi) is 45.5. The Morgan fingerprint density at radius 1 is 0.562 bits per heavy atom. The quantitative estimate of drug-likeness (QED) is 0.188. The molecule has 0 aromatic rings. The van der Waals surface area contributed by atoms with Gasteiger partial charge >= 0.3 is 96.7 Å². The minimum Gasteiger partial charge on any atom is -1.00 e. The SMILES string of the molecule is O=C[NH][Ga+][NH]C=O.O=C[NH][Ga+][NH]C=O.[Cl-].[Cl-]. The fraction of sp³-hybridized carbons (Fsp3) is 0. The molecule has 0 rings (SSSR count). The Morgan fingerprint density at radius 2 is 0.750 bits per heavy atom. The molecule has 0 radical (unpaired) electrons. The van der Waals surface area contributed by atoms with Crippen molar-refractivity contribution >= 4 is 61.4 Å². The monoisotopic (exact) mass is 384 g/mol. The molecule has 0 aromatic carbocycles. The number of nitrogens with one attached hydrogen (secondary N) is 4. The number of hydrogen-bond acceptors (Lipinski definition) is 4. The van der Waals surface area contributed by atoms with E-state index >= 15 is 0 Å². The van der Waals surface area contributed by atoms with Gasteiger partial charge in [-0.25, -0.2) is 0 Å². The molecule has 12 heteroatoms. The summed E-state index contributed by atoms with van der Waals surface area (Å²) >= 11 is -1.91. The smallest absolute Gasteiger partial charge is 1.00 e. The van der Waals surface area contributed by atoms with Crippen molar-refractivity contribution in [2.75, 3.05) is 0 Å². The summed E-state index contributed by atoms with van der Waals surface area (Å²) in [6.45, 7) is 0. The van der Waals surface area contributed by atoms with Gasteiger partial charge in [0.25, 0.3) is 0 Å². The van der Waals surface area contributed by atoms with Crippen molar-refractivity contribution in [1.29, 1.82) is 0 Å². The summed E-state index contributed by atoms with van der Waals surface area (Å²) in [5.74, 6) is 0. The molecular weight excluding hydrogens is 378 g/mol. The van der Waals surface area contributed by atoms with Gasteiger partial charge < -0.3 is 24.8 Å². The zero-order valence-electron chi connectivity index (χ0n) is 7.85. The van der Waals surface area contributed by atoms with Gasteiger partial charge in [0.1, 0.15) is 0 Å². The molecule has 88 valence electrons. The summed E-state index contributed by atoms with van der Waals surface area (Å²) in [6, 6.07) is 0. The predicted octanol–water partition coefficient (Wildman–Crippen LogP) is -9.97. The minimum absolute atomic E-state index is 0. The van der Waals surface area contributed by atoms with Crippen molar-refractivity contribution in [3.63, 3.8) is 0 Å². The van der Waals surface area contributed by atoms with E-state index in [2.05, 4.69) is 16.1 Å². The fourth-order valence-corrected chi connectivity index (χ4v) is 1.21. The zero-order chi connectivity index (χ0) is 11.1. The standard InChI is InChI=1S/4CH3NO.2ClH.2Ga/c4*2-1-3;;;;/h4*1H,(H2,2,3);2*1H;;/q;;;;;;2*+3/p-6. The van der Waals surface area contributed by atoms with Gasteiger partial charge in [0.05, 0.1) is 0 Å². The molecule has 4 N–H and O–H groups in total. The topological polar surface area (TPSA) is 116 Å². The third-order valence-electron chi connectivity index (χ3n) is 0.605. The van der Waals surface area contributed by atoms with Crippen molar-refractivity contribution in [3.8, 4) is 0 Å². The first-order valence-electron chi connectivity index (χ1n) is 3.25. The van der Waals surface area contributed by atoms with Crippen LogP contribution in [0, 0.1) is 0 Å². The molecule has 16 heavy (non-hydrogen) atoms. The second-order valence-corrected chi connectivity index (χ2v) is 5.44. The van der Waals surface area contributed by atoms with Gasteiger partial charge in [-0.05, 0) is 0 Å². The molecule has 0 aromatic heterocycles. The molecule has 0 atom stereocenters. The van der Waals surface area contributed by atoms with Gasteiger partial charge in [0, 0.05) is 0 Å². The van der Waals surface area contributed by atoms with E-state index in [4.69, 9.17) is 0 Å². The Morgan fingerprint density at radius 3 is 0.875 bits per heavy atom. The summed E-state index contributed by atoms with van der Waals surface area (Å²) in [7, 11) is 0. The maximum atomic E-state index is 9.45. The Bertz CT molecular complexity index is 144. The first kappa shape index (κ1) is 24.8. The van der Waals surface area contributed by atoms with E-state index in [1.165, 1.54) is 0 Å². The van der Waals surface area contributed by atoms with Crippen LogP contribution >= 0.6 is 0 Å². The number of halogens is 2. The third-order valence-corrected chi connectivity index (χ3v) is 3.15. The van der Waals surface area contributed by atoms with E-state index in [9.17, 15) is 19.2 Å². The number of carbonyl (C=O) groups is 4. The van der Waals surface area contributed by atoms with Crippen LogP contribution in [0.4, 0.5) is 0 Å². The molecule has 0 aliphatic carbocycles. The van der Waals surface area contributed by atoms with Gasteiger partial charge in [0.2, 0.25) is 0 Å². The van der Waals surface area contributed by atoms with Crippen LogP contribution in [0.5, 0.6) is 0 Å². The van der Waals surface area contributed by atoms with Gasteiger partial charge in [-0.15, -0.1) is 0 Å². The van der Waals surface area contributed by atoms with Crippen LogP contribution in [0.15, 0.2) is 0 Å². The molecule has 0 saturated carbocycles.